The third-order valence-corrected chi connectivity index (χ3v) is 7.86. The van der Waals surface area contributed by atoms with Crippen molar-refractivity contribution in [2.75, 3.05) is 19.4 Å². The predicted molar refractivity (Wildman–Crippen MR) is 161 cm³/mol. The lowest BCUT2D eigenvalue weighted by atomic mass is 9.89. The van der Waals surface area contributed by atoms with E-state index in [-0.39, 0.29) is 12.1 Å². The highest BCUT2D eigenvalue weighted by Gasteiger charge is 2.30. The van der Waals surface area contributed by atoms with Crippen LogP contribution in [0.2, 0.25) is 0 Å². The van der Waals surface area contributed by atoms with Gasteiger partial charge >= 0.3 is 0 Å². The second-order valence-electron chi connectivity index (χ2n) is 10.7. The Morgan fingerprint density at radius 3 is 1.92 bits per heavy atom. The summed E-state index contributed by atoms with van der Waals surface area (Å²) in [6, 6.07) is 26.6. The minimum atomic E-state index is -0.0647. The number of hydrogen-bond acceptors (Lipinski definition) is 3. The largest absolute Gasteiger partial charge is 0.375 e. The van der Waals surface area contributed by atoms with Gasteiger partial charge in [0.2, 0.25) is 0 Å². The lowest BCUT2D eigenvalue weighted by molar-refractivity contribution is 0.189. The van der Waals surface area contributed by atoms with Crippen LogP contribution >= 0.6 is 12.2 Å². The number of benzene rings is 3. The molecule has 1 aliphatic carbocycles. The molecule has 37 heavy (non-hydrogen) atoms. The van der Waals surface area contributed by atoms with Crippen molar-refractivity contribution in [2.24, 2.45) is 0 Å². The quantitative estimate of drug-likeness (QED) is 0.287. The first-order valence-corrected chi connectivity index (χ1v) is 13.9. The van der Waals surface area contributed by atoms with Gasteiger partial charge in [0.15, 0.2) is 5.11 Å². The van der Waals surface area contributed by atoms with E-state index < -0.39 is 0 Å². The summed E-state index contributed by atoms with van der Waals surface area (Å²) in [6.45, 7) is 6.53. The topological polar surface area (TPSA) is 39.3 Å². The van der Waals surface area contributed by atoms with Gasteiger partial charge in [0, 0.05) is 17.8 Å². The summed E-state index contributed by atoms with van der Waals surface area (Å²) >= 11 is 5.98. The molecule has 0 heterocycles. The smallest absolute Gasteiger partial charge is 0.167 e. The van der Waals surface area contributed by atoms with Gasteiger partial charge in [-0.25, -0.2) is 0 Å². The number of likely N-dealkylation sites (N-methyl/N-ethyl adjacent to an activating group) is 1. The second kappa shape index (κ2) is 12.6. The van der Waals surface area contributed by atoms with Crippen molar-refractivity contribution in [3.05, 3.63) is 101 Å². The molecular formula is C32H42N4S. The number of thiocarbonyl (C=S) groups is 1. The SMILES string of the molecule is Cc1cc(C)c(N[C@H](c2ccccc2)[C@H](NC(=S)N[C@@H]2CCCC[C@H]2N(C)C)c2ccccc2)c(C)c1. The zero-order valence-electron chi connectivity index (χ0n) is 22.9. The summed E-state index contributed by atoms with van der Waals surface area (Å²) in [5.74, 6) is 0. The van der Waals surface area contributed by atoms with Crippen molar-refractivity contribution < 1.29 is 0 Å². The average molecular weight is 515 g/mol. The van der Waals surface area contributed by atoms with Crippen molar-refractivity contribution in [1.82, 2.24) is 15.5 Å². The summed E-state index contributed by atoms with van der Waals surface area (Å²) in [7, 11) is 4.35. The van der Waals surface area contributed by atoms with Crippen LogP contribution < -0.4 is 16.0 Å². The van der Waals surface area contributed by atoms with Gasteiger partial charge in [-0.2, -0.15) is 0 Å². The molecule has 0 bridgehead atoms. The summed E-state index contributed by atoms with van der Waals surface area (Å²) < 4.78 is 0. The molecular weight excluding hydrogens is 472 g/mol. The molecule has 4 nitrogen and oxygen atoms in total. The van der Waals surface area contributed by atoms with Gasteiger partial charge in [-0.3, -0.25) is 0 Å². The van der Waals surface area contributed by atoms with E-state index in [1.807, 2.05) is 0 Å². The highest BCUT2D eigenvalue weighted by molar-refractivity contribution is 7.80. The highest BCUT2D eigenvalue weighted by atomic mass is 32.1. The molecule has 0 aliphatic heterocycles. The maximum absolute atomic E-state index is 5.98. The van der Waals surface area contributed by atoms with E-state index in [9.17, 15) is 0 Å². The second-order valence-corrected chi connectivity index (χ2v) is 11.1. The van der Waals surface area contributed by atoms with Crippen molar-refractivity contribution in [3.8, 4) is 0 Å². The maximum atomic E-state index is 5.98. The first-order valence-electron chi connectivity index (χ1n) is 13.5. The van der Waals surface area contributed by atoms with Crippen LogP contribution in [0.25, 0.3) is 0 Å². The van der Waals surface area contributed by atoms with Gasteiger partial charge in [-0.15, -0.1) is 0 Å². The van der Waals surface area contributed by atoms with E-state index in [2.05, 4.69) is 129 Å². The molecule has 4 atom stereocenters. The first-order chi connectivity index (χ1) is 17.8. The molecule has 0 amide bonds. The maximum Gasteiger partial charge on any atom is 0.167 e. The summed E-state index contributed by atoms with van der Waals surface area (Å²) in [5.41, 5.74) is 7.38. The number of nitrogens with zero attached hydrogens (tertiary/aromatic N) is 1. The number of nitrogens with one attached hydrogen (secondary N) is 3. The third-order valence-electron chi connectivity index (χ3n) is 7.62. The number of rotatable bonds is 8. The van der Waals surface area contributed by atoms with Crippen molar-refractivity contribution in [2.45, 2.75) is 70.6 Å². The fraction of sp³-hybridized carbons (Fsp3) is 0.406. The van der Waals surface area contributed by atoms with Gasteiger partial charge in [-0.05, 0) is 82.2 Å². The highest BCUT2D eigenvalue weighted by Crippen LogP contribution is 2.35. The van der Waals surface area contributed by atoms with Gasteiger partial charge in [-0.1, -0.05) is 91.2 Å². The van der Waals surface area contributed by atoms with Crippen LogP contribution in [-0.4, -0.2) is 36.2 Å². The standard InChI is InChI=1S/C32H42N4S/c1-22-20-23(2)29(24(3)21-22)34-30(25-14-8-6-9-15-25)31(26-16-10-7-11-17-26)35-32(37)33-27-18-12-13-19-28(27)36(4)5/h6-11,14-17,20-21,27-28,30-31,34H,12-13,18-19H2,1-5H3,(H2,33,35,37)/t27-,28-,30-,31-/m1/s1. The molecule has 1 saturated carbocycles. The van der Waals surface area contributed by atoms with E-state index in [0.29, 0.717) is 17.2 Å². The van der Waals surface area contributed by atoms with Crippen LogP contribution in [-0.2, 0) is 0 Å². The fourth-order valence-corrected chi connectivity index (χ4v) is 6.13. The van der Waals surface area contributed by atoms with Gasteiger partial charge in [0.1, 0.15) is 0 Å². The minimum absolute atomic E-state index is 0.0283. The fourth-order valence-electron chi connectivity index (χ4n) is 5.85. The molecule has 0 radical (unpaired) electrons. The Morgan fingerprint density at radius 2 is 1.35 bits per heavy atom. The Hall–Kier alpha value is -2.89. The Kier molecular flexibility index (Phi) is 9.23. The van der Waals surface area contributed by atoms with Gasteiger partial charge in [0.05, 0.1) is 12.1 Å². The monoisotopic (exact) mass is 514 g/mol. The predicted octanol–water partition coefficient (Wildman–Crippen LogP) is 6.84. The van der Waals surface area contributed by atoms with Crippen LogP contribution in [0.15, 0.2) is 72.8 Å². The zero-order valence-corrected chi connectivity index (χ0v) is 23.7. The van der Waals surface area contributed by atoms with Crippen LogP contribution in [0.1, 0.15) is 65.6 Å². The molecule has 0 spiro atoms. The molecule has 3 aromatic rings. The first kappa shape index (κ1) is 27.2. The molecule has 3 aromatic carbocycles. The zero-order chi connectivity index (χ0) is 26.4. The molecule has 3 N–H and O–H groups in total. The normalized spacial score (nSPS) is 19.2. The Balaban J connectivity index is 1.68. The number of anilines is 1. The van der Waals surface area contributed by atoms with E-state index in [4.69, 9.17) is 12.2 Å². The Labute approximate surface area is 228 Å². The number of aryl methyl sites for hydroxylation is 3. The lowest BCUT2D eigenvalue weighted by Gasteiger charge is -2.38. The van der Waals surface area contributed by atoms with Gasteiger partial charge in [0.25, 0.3) is 0 Å². The molecule has 1 aliphatic rings. The summed E-state index contributed by atoms with van der Waals surface area (Å²) in [5, 5.41) is 12.1. The molecule has 1 fully saturated rings. The van der Waals surface area contributed by atoms with E-state index in [1.54, 1.807) is 0 Å². The van der Waals surface area contributed by atoms with E-state index in [0.717, 1.165) is 6.42 Å². The molecule has 5 heteroatoms. The third kappa shape index (κ3) is 6.91. The van der Waals surface area contributed by atoms with Crippen molar-refractivity contribution in [3.63, 3.8) is 0 Å². The van der Waals surface area contributed by atoms with Crippen LogP contribution in [0.3, 0.4) is 0 Å². The van der Waals surface area contributed by atoms with E-state index >= 15 is 0 Å². The minimum Gasteiger partial charge on any atom is -0.375 e. The molecule has 0 aromatic heterocycles. The van der Waals surface area contributed by atoms with Crippen LogP contribution in [0.4, 0.5) is 5.69 Å². The van der Waals surface area contributed by atoms with E-state index in [1.165, 1.54) is 52.8 Å². The Bertz CT molecular complexity index is 1140. The summed E-state index contributed by atoms with van der Waals surface area (Å²) in [6.07, 6.45) is 4.87. The average Bonchev–Trinajstić information content (AvgIpc) is 2.88. The Morgan fingerprint density at radius 1 is 0.811 bits per heavy atom. The number of hydrogen-bond donors (Lipinski definition) is 3. The van der Waals surface area contributed by atoms with Crippen LogP contribution in [0, 0.1) is 20.8 Å². The van der Waals surface area contributed by atoms with Gasteiger partial charge < -0.3 is 20.9 Å². The van der Waals surface area contributed by atoms with Crippen LogP contribution in [0.5, 0.6) is 0 Å². The van der Waals surface area contributed by atoms with Crippen molar-refractivity contribution in [1.29, 1.82) is 0 Å². The summed E-state index contributed by atoms with van der Waals surface area (Å²) in [4.78, 5) is 2.34. The molecule has 4 rings (SSSR count). The molecule has 0 saturated heterocycles. The molecule has 196 valence electrons. The van der Waals surface area contributed by atoms with Crippen molar-refractivity contribution >= 4 is 23.0 Å². The molecule has 0 unspecified atom stereocenters. The lowest BCUT2D eigenvalue weighted by Crippen LogP contribution is -2.54.